The minimum absolute atomic E-state index is 0.601. The topological polar surface area (TPSA) is 72.7 Å². The molecule has 0 saturated heterocycles. The number of guanidine groups is 1. The maximum absolute atomic E-state index is 5.54. The van der Waals surface area contributed by atoms with E-state index in [0.717, 1.165) is 36.9 Å². The Labute approximate surface area is 149 Å². The molecule has 0 saturated carbocycles. The first-order valence-electron chi connectivity index (χ1n) is 8.60. The molecule has 25 heavy (non-hydrogen) atoms. The zero-order valence-electron chi connectivity index (χ0n) is 15.2. The number of hydrogen-bond acceptors (Lipinski definition) is 4. The van der Waals surface area contributed by atoms with E-state index >= 15 is 0 Å². The van der Waals surface area contributed by atoms with Gasteiger partial charge in [-0.15, -0.1) is 0 Å². The smallest absolute Gasteiger partial charge is 0.195 e. The van der Waals surface area contributed by atoms with Crippen molar-refractivity contribution >= 4 is 11.6 Å². The number of anilines is 1. The molecule has 0 aliphatic heterocycles. The van der Waals surface area contributed by atoms with Crippen molar-refractivity contribution in [3.63, 3.8) is 0 Å². The third-order valence-electron chi connectivity index (χ3n) is 3.44. The summed E-state index contributed by atoms with van der Waals surface area (Å²) < 4.78 is 12.8. The highest BCUT2D eigenvalue weighted by Gasteiger charge is 2.06. The maximum Gasteiger partial charge on any atom is 0.195 e. The van der Waals surface area contributed by atoms with Gasteiger partial charge in [0.15, 0.2) is 17.5 Å². The van der Waals surface area contributed by atoms with Crippen molar-refractivity contribution < 1.29 is 9.47 Å². The minimum atomic E-state index is 0.601. The molecule has 0 amide bonds. The quantitative estimate of drug-likeness (QED) is 0.415. The van der Waals surface area contributed by atoms with Crippen molar-refractivity contribution in [2.45, 2.75) is 26.8 Å². The molecular weight excluding hydrogens is 318 g/mol. The molecule has 2 rings (SSSR count). The van der Waals surface area contributed by atoms with E-state index in [1.807, 2.05) is 49.0 Å². The van der Waals surface area contributed by atoms with Gasteiger partial charge < -0.3 is 20.1 Å². The fourth-order valence-corrected chi connectivity index (χ4v) is 2.32. The van der Waals surface area contributed by atoms with Crippen molar-refractivity contribution in [3.8, 4) is 11.5 Å². The Morgan fingerprint density at radius 3 is 2.84 bits per heavy atom. The molecule has 136 valence electrons. The first-order valence-corrected chi connectivity index (χ1v) is 8.60. The van der Waals surface area contributed by atoms with Gasteiger partial charge in [0.1, 0.15) is 0 Å². The average Bonchev–Trinajstić information content (AvgIpc) is 3.13. The Hall–Kier alpha value is -2.70. The second-order valence-corrected chi connectivity index (χ2v) is 5.31. The van der Waals surface area contributed by atoms with Crippen LogP contribution in [0.2, 0.25) is 0 Å². The van der Waals surface area contributed by atoms with E-state index < -0.39 is 0 Å². The zero-order chi connectivity index (χ0) is 17.9. The van der Waals surface area contributed by atoms with Crippen LogP contribution in [0.4, 0.5) is 5.69 Å². The van der Waals surface area contributed by atoms with E-state index in [1.54, 1.807) is 13.3 Å². The van der Waals surface area contributed by atoms with Gasteiger partial charge in [-0.2, -0.15) is 5.10 Å². The molecule has 7 nitrogen and oxygen atoms in total. The second-order valence-electron chi connectivity index (χ2n) is 5.31. The third-order valence-corrected chi connectivity index (χ3v) is 3.44. The molecule has 0 fully saturated rings. The molecule has 7 heteroatoms. The summed E-state index contributed by atoms with van der Waals surface area (Å²) in [4.78, 5) is 4.60. The third kappa shape index (κ3) is 6.02. The van der Waals surface area contributed by atoms with Crippen molar-refractivity contribution in [2.24, 2.45) is 4.99 Å². The van der Waals surface area contributed by atoms with E-state index in [4.69, 9.17) is 9.47 Å². The van der Waals surface area contributed by atoms with E-state index in [9.17, 15) is 0 Å². The Morgan fingerprint density at radius 1 is 1.28 bits per heavy atom. The summed E-state index contributed by atoms with van der Waals surface area (Å²) in [6.45, 7) is 6.95. The van der Waals surface area contributed by atoms with Crippen molar-refractivity contribution in [2.75, 3.05) is 32.1 Å². The van der Waals surface area contributed by atoms with Gasteiger partial charge in [0.05, 0.1) is 13.7 Å². The second kappa shape index (κ2) is 10.2. The number of methoxy groups -OCH3 is 1. The summed E-state index contributed by atoms with van der Waals surface area (Å²) in [5.74, 6) is 2.17. The largest absolute Gasteiger partial charge is 0.493 e. The average molecular weight is 345 g/mol. The normalized spacial score (nSPS) is 11.2. The van der Waals surface area contributed by atoms with Gasteiger partial charge in [0.25, 0.3) is 0 Å². The number of nitrogens with zero attached hydrogens (tertiary/aromatic N) is 3. The molecule has 2 N–H and O–H groups in total. The zero-order valence-corrected chi connectivity index (χ0v) is 15.2. The van der Waals surface area contributed by atoms with Crippen LogP contribution in [0.1, 0.15) is 20.3 Å². The number of aromatic nitrogens is 2. The molecule has 0 unspecified atom stereocenters. The molecule has 0 spiro atoms. The molecule has 0 aliphatic rings. The standard InChI is InChI=1S/C18H27N5O2/c1-4-19-18(20-10-6-12-23-13-7-11-21-23)22-15-8-9-16(25-5-2)17(14-15)24-3/h7-9,11,13-14H,4-6,10,12H2,1-3H3,(H2,19,20,22). The number of ether oxygens (including phenoxy) is 2. The Balaban J connectivity index is 1.96. The van der Waals surface area contributed by atoms with Crippen LogP contribution in [0, 0.1) is 0 Å². The molecule has 1 aromatic heterocycles. The molecule has 0 aliphatic carbocycles. The monoisotopic (exact) mass is 345 g/mol. The first-order chi connectivity index (χ1) is 12.3. The fraction of sp³-hybridized carbons (Fsp3) is 0.444. The lowest BCUT2D eigenvalue weighted by Crippen LogP contribution is -2.30. The lowest BCUT2D eigenvalue weighted by molar-refractivity contribution is 0.311. The van der Waals surface area contributed by atoms with Crippen LogP contribution in [-0.2, 0) is 6.54 Å². The van der Waals surface area contributed by atoms with Crippen molar-refractivity contribution in [3.05, 3.63) is 36.7 Å². The van der Waals surface area contributed by atoms with Crippen LogP contribution in [0.5, 0.6) is 11.5 Å². The Morgan fingerprint density at radius 2 is 2.16 bits per heavy atom. The van der Waals surface area contributed by atoms with Crippen LogP contribution >= 0.6 is 0 Å². The summed E-state index contributed by atoms with van der Waals surface area (Å²) in [5.41, 5.74) is 0.895. The number of nitrogens with one attached hydrogen (secondary N) is 2. The highest BCUT2D eigenvalue weighted by atomic mass is 16.5. The molecule has 2 aromatic rings. The minimum Gasteiger partial charge on any atom is -0.493 e. The maximum atomic E-state index is 5.54. The number of hydrogen-bond donors (Lipinski definition) is 2. The number of benzene rings is 1. The highest BCUT2D eigenvalue weighted by molar-refractivity contribution is 5.93. The van der Waals surface area contributed by atoms with Gasteiger partial charge in [0, 0.05) is 43.8 Å². The predicted molar refractivity (Wildman–Crippen MR) is 101 cm³/mol. The number of aliphatic imine (C=N–C) groups is 1. The predicted octanol–water partition coefficient (Wildman–Crippen LogP) is 2.76. The van der Waals surface area contributed by atoms with E-state index in [0.29, 0.717) is 18.9 Å². The van der Waals surface area contributed by atoms with E-state index in [2.05, 4.69) is 20.7 Å². The van der Waals surface area contributed by atoms with E-state index in [-0.39, 0.29) is 0 Å². The molecule has 0 radical (unpaired) electrons. The van der Waals surface area contributed by atoms with Crippen LogP contribution in [-0.4, -0.2) is 42.5 Å². The number of rotatable bonds is 9. The van der Waals surface area contributed by atoms with Gasteiger partial charge in [-0.25, -0.2) is 0 Å². The summed E-state index contributed by atoms with van der Waals surface area (Å²) in [5, 5.41) is 10.7. The summed E-state index contributed by atoms with van der Waals surface area (Å²) >= 11 is 0. The van der Waals surface area contributed by atoms with Gasteiger partial charge in [-0.1, -0.05) is 0 Å². The highest BCUT2D eigenvalue weighted by Crippen LogP contribution is 2.30. The van der Waals surface area contributed by atoms with Crippen LogP contribution < -0.4 is 20.1 Å². The Bertz CT molecular complexity index is 655. The SMILES string of the molecule is CCNC(=NCCCn1cccn1)Nc1ccc(OCC)c(OC)c1. The van der Waals surface area contributed by atoms with Gasteiger partial charge in [0.2, 0.25) is 0 Å². The molecule has 0 bridgehead atoms. The van der Waals surface area contributed by atoms with Gasteiger partial charge >= 0.3 is 0 Å². The lowest BCUT2D eigenvalue weighted by atomic mass is 10.2. The first kappa shape index (κ1) is 18.6. The lowest BCUT2D eigenvalue weighted by Gasteiger charge is -2.14. The van der Waals surface area contributed by atoms with Crippen molar-refractivity contribution in [1.82, 2.24) is 15.1 Å². The number of aryl methyl sites for hydroxylation is 1. The molecule has 0 atom stereocenters. The summed E-state index contributed by atoms with van der Waals surface area (Å²) in [6.07, 6.45) is 4.67. The summed E-state index contributed by atoms with van der Waals surface area (Å²) in [6, 6.07) is 7.67. The van der Waals surface area contributed by atoms with Crippen LogP contribution in [0.3, 0.4) is 0 Å². The van der Waals surface area contributed by atoms with E-state index in [1.165, 1.54) is 0 Å². The van der Waals surface area contributed by atoms with Gasteiger partial charge in [-0.05, 0) is 38.5 Å². The molecule has 1 heterocycles. The van der Waals surface area contributed by atoms with Crippen molar-refractivity contribution in [1.29, 1.82) is 0 Å². The van der Waals surface area contributed by atoms with Crippen LogP contribution in [0.15, 0.2) is 41.7 Å². The Kier molecular flexibility index (Phi) is 7.62. The molecular formula is C18H27N5O2. The summed E-state index contributed by atoms with van der Waals surface area (Å²) in [7, 11) is 1.64. The van der Waals surface area contributed by atoms with Gasteiger partial charge in [-0.3, -0.25) is 9.67 Å². The fourth-order valence-electron chi connectivity index (χ4n) is 2.32. The molecule has 1 aromatic carbocycles. The van der Waals surface area contributed by atoms with Crippen LogP contribution in [0.25, 0.3) is 0 Å².